The molecule has 8 heteroatoms. The molecular formula is C26H26N4O3S. The van der Waals surface area contributed by atoms with Crippen molar-refractivity contribution in [3.05, 3.63) is 90.3 Å². The minimum atomic E-state index is -3.48. The summed E-state index contributed by atoms with van der Waals surface area (Å²) in [6.07, 6.45) is 2.40. The zero-order valence-electron chi connectivity index (χ0n) is 18.7. The van der Waals surface area contributed by atoms with Crippen molar-refractivity contribution < 1.29 is 13.2 Å². The first-order chi connectivity index (χ1) is 16.5. The molecule has 1 N–H and O–H groups in total. The molecule has 3 aromatic carbocycles. The van der Waals surface area contributed by atoms with Crippen LogP contribution in [0.2, 0.25) is 0 Å². The summed E-state index contributed by atoms with van der Waals surface area (Å²) in [5.74, 6) is 0.613. The maximum Gasteiger partial charge on any atom is 0.244 e. The minimum Gasteiger partial charge on any atom is -0.325 e. The number of nitrogens with zero attached hydrogens (tertiary/aromatic N) is 3. The van der Waals surface area contributed by atoms with Gasteiger partial charge in [-0.05, 0) is 54.8 Å². The number of carbonyl (C=O) groups is 1. The maximum absolute atomic E-state index is 12.9. The number of anilines is 1. The molecule has 174 valence electrons. The van der Waals surface area contributed by atoms with E-state index >= 15 is 0 Å². The fourth-order valence-corrected chi connectivity index (χ4v) is 5.86. The highest BCUT2D eigenvalue weighted by Crippen LogP contribution is 2.23. The van der Waals surface area contributed by atoms with Crippen molar-refractivity contribution in [2.75, 3.05) is 18.4 Å². The zero-order chi connectivity index (χ0) is 23.5. The van der Waals surface area contributed by atoms with Crippen LogP contribution in [0.4, 0.5) is 5.69 Å². The lowest BCUT2D eigenvalue weighted by Gasteiger charge is -2.16. The molecule has 1 aliphatic rings. The molecule has 1 saturated heterocycles. The van der Waals surface area contributed by atoms with Crippen molar-refractivity contribution in [3.8, 4) is 0 Å². The number of carbonyl (C=O) groups excluding carboxylic acids is 1. The van der Waals surface area contributed by atoms with Crippen molar-refractivity contribution in [1.82, 2.24) is 13.9 Å². The van der Waals surface area contributed by atoms with Crippen LogP contribution >= 0.6 is 0 Å². The van der Waals surface area contributed by atoms with Gasteiger partial charge < -0.3 is 9.88 Å². The average Bonchev–Trinajstić information content (AvgIpc) is 3.50. The van der Waals surface area contributed by atoms with Gasteiger partial charge >= 0.3 is 0 Å². The third-order valence-electron chi connectivity index (χ3n) is 6.08. The molecule has 1 amide bonds. The third-order valence-corrected chi connectivity index (χ3v) is 7.99. The SMILES string of the molecule is O=C(Cn1c(Cc2ccccc2)nc2ccccc21)Nc1ccc(S(=O)(=O)N2CCCC2)cc1. The maximum atomic E-state index is 12.9. The number of benzene rings is 3. The Morgan fingerprint density at radius 2 is 1.56 bits per heavy atom. The van der Waals surface area contributed by atoms with Gasteiger partial charge in [0.25, 0.3) is 0 Å². The molecule has 0 spiro atoms. The van der Waals surface area contributed by atoms with Crippen LogP contribution in [0.15, 0.2) is 83.8 Å². The Kier molecular flexibility index (Phi) is 6.17. The first-order valence-corrected chi connectivity index (χ1v) is 12.8. The summed E-state index contributed by atoms with van der Waals surface area (Å²) in [5.41, 5.74) is 3.42. The molecule has 0 bridgehead atoms. The van der Waals surface area contributed by atoms with Gasteiger partial charge in [0.15, 0.2) is 0 Å². The van der Waals surface area contributed by atoms with Crippen LogP contribution in [0.25, 0.3) is 11.0 Å². The molecule has 34 heavy (non-hydrogen) atoms. The quantitative estimate of drug-likeness (QED) is 0.438. The first kappa shape index (κ1) is 22.3. The topological polar surface area (TPSA) is 84.3 Å². The van der Waals surface area contributed by atoms with Gasteiger partial charge in [0.05, 0.1) is 15.9 Å². The number of hydrogen-bond acceptors (Lipinski definition) is 4. The Morgan fingerprint density at radius 1 is 0.882 bits per heavy atom. The molecule has 0 saturated carbocycles. The Hall–Kier alpha value is -3.49. The van der Waals surface area contributed by atoms with E-state index in [2.05, 4.69) is 5.32 Å². The monoisotopic (exact) mass is 474 g/mol. The fraction of sp³-hybridized carbons (Fsp3) is 0.231. The Bertz CT molecular complexity index is 1410. The second kappa shape index (κ2) is 9.40. The minimum absolute atomic E-state index is 0.108. The summed E-state index contributed by atoms with van der Waals surface area (Å²) in [7, 11) is -3.48. The lowest BCUT2D eigenvalue weighted by Crippen LogP contribution is -2.27. The van der Waals surface area contributed by atoms with Gasteiger partial charge in [-0.3, -0.25) is 4.79 Å². The Labute approximate surface area is 199 Å². The number of rotatable bonds is 7. The zero-order valence-corrected chi connectivity index (χ0v) is 19.5. The second-order valence-corrected chi connectivity index (χ2v) is 10.4. The van der Waals surface area contributed by atoms with Crippen LogP contribution in [-0.2, 0) is 27.8 Å². The van der Waals surface area contributed by atoms with Crippen LogP contribution in [0.1, 0.15) is 24.2 Å². The van der Waals surface area contributed by atoms with Crippen molar-refractivity contribution in [2.24, 2.45) is 0 Å². The Balaban J connectivity index is 1.33. The van der Waals surface area contributed by atoms with E-state index in [1.165, 1.54) is 4.31 Å². The van der Waals surface area contributed by atoms with Crippen LogP contribution in [0, 0.1) is 0 Å². The molecule has 0 aliphatic carbocycles. The first-order valence-electron chi connectivity index (χ1n) is 11.4. The van der Waals surface area contributed by atoms with Gasteiger partial charge in [-0.1, -0.05) is 42.5 Å². The van der Waals surface area contributed by atoms with E-state index in [4.69, 9.17) is 4.98 Å². The predicted molar refractivity (Wildman–Crippen MR) is 132 cm³/mol. The van der Waals surface area contributed by atoms with E-state index in [1.807, 2.05) is 59.2 Å². The third kappa shape index (κ3) is 4.60. The normalized spacial score (nSPS) is 14.5. The number of sulfonamides is 1. The van der Waals surface area contributed by atoms with Crippen LogP contribution in [-0.4, -0.2) is 41.3 Å². The summed E-state index contributed by atoms with van der Waals surface area (Å²) in [4.78, 5) is 17.9. The standard InChI is InChI=1S/C26H26N4O3S/c31-26(27-21-12-14-22(15-13-21)34(32,33)29-16-6-7-17-29)19-30-24-11-5-4-10-23(24)28-25(30)18-20-8-2-1-3-9-20/h1-5,8-15H,6-7,16-19H2,(H,27,31). The summed E-state index contributed by atoms with van der Waals surface area (Å²) < 4.78 is 28.9. The Morgan fingerprint density at radius 3 is 2.29 bits per heavy atom. The van der Waals surface area contributed by atoms with Gasteiger partial charge in [-0.2, -0.15) is 4.31 Å². The molecular weight excluding hydrogens is 448 g/mol. The predicted octanol–water partition coefficient (Wildman–Crippen LogP) is 4.05. The van der Waals surface area contributed by atoms with Gasteiger partial charge in [0.2, 0.25) is 15.9 Å². The lowest BCUT2D eigenvalue weighted by molar-refractivity contribution is -0.116. The number of amides is 1. The van der Waals surface area contributed by atoms with E-state index in [9.17, 15) is 13.2 Å². The summed E-state index contributed by atoms with van der Waals surface area (Å²) in [5, 5.41) is 2.89. The molecule has 5 rings (SSSR count). The average molecular weight is 475 g/mol. The molecule has 7 nitrogen and oxygen atoms in total. The summed E-state index contributed by atoms with van der Waals surface area (Å²) >= 11 is 0. The second-order valence-electron chi connectivity index (χ2n) is 8.45. The van der Waals surface area contributed by atoms with Crippen LogP contribution in [0.3, 0.4) is 0 Å². The van der Waals surface area contributed by atoms with Crippen molar-refractivity contribution >= 4 is 32.7 Å². The van der Waals surface area contributed by atoms with E-state index in [0.717, 1.165) is 35.3 Å². The number of imidazole rings is 1. The molecule has 1 fully saturated rings. The fourth-order valence-electron chi connectivity index (χ4n) is 4.35. The van der Waals surface area contributed by atoms with E-state index in [1.54, 1.807) is 24.3 Å². The smallest absolute Gasteiger partial charge is 0.244 e. The summed E-state index contributed by atoms with van der Waals surface area (Å²) in [6.45, 7) is 1.23. The number of hydrogen-bond donors (Lipinski definition) is 1. The van der Waals surface area contributed by atoms with Gasteiger partial charge in [0.1, 0.15) is 12.4 Å². The highest BCUT2D eigenvalue weighted by Gasteiger charge is 2.27. The van der Waals surface area contributed by atoms with Crippen molar-refractivity contribution in [2.45, 2.75) is 30.7 Å². The molecule has 1 aliphatic heterocycles. The van der Waals surface area contributed by atoms with E-state index < -0.39 is 10.0 Å². The van der Waals surface area contributed by atoms with Crippen LogP contribution < -0.4 is 5.32 Å². The van der Waals surface area contributed by atoms with Crippen molar-refractivity contribution in [1.29, 1.82) is 0 Å². The number of nitrogens with one attached hydrogen (secondary N) is 1. The van der Waals surface area contributed by atoms with E-state index in [-0.39, 0.29) is 17.3 Å². The molecule has 2 heterocycles. The van der Waals surface area contributed by atoms with Crippen molar-refractivity contribution in [3.63, 3.8) is 0 Å². The highest BCUT2D eigenvalue weighted by atomic mass is 32.2. The molecule has 1 aromatic heterocycles. The van der Waals surface area contributed by atoms with Gasteiger partial charge in [-0.15, -0.1) is 0 Å². The number of para-hydroxylation sites is 2. The largest absolute Gasteiger partial charge is 0.325 e. The highest BCUT2D eigenvalue weighted by molar-refractivity contribution is 7.89. The van der Waals surface area contributed by atoms with Gasteiger partial charge in [-0.25, -0.2) is 13.4 Å². The summed E-state index contributed by atoms with van der Waals surface area (Å²) in [6, 6.07) is 24.2. The van der Waals surface area contributed by atoms with Gasteiger partial charge in [0, 0.05) is 25.2 Å². The molecule has 0 unspecified atom stereocenters. The lowest BCUT2D eigenvalue weighted by atomic mass is 10.1. The molecule has 4 aromatic rings. The number of fused-ring (bicyclic) bond motifs is 1. The number of aromatic nitrogens is 2. The molecule has 0 radical (unpaired) electrons. The molecule has 0 atom stereocenters. The van der Waals surface area contributed by atoms with Crippen LogP contribution in [0.5, 0.6) is 0 Å². The van der Waals surface area contributed by atoms with E-state index in [0.29, 0.717) is 25.2 Å².